The van der Waals surface area contributed by atoms with Crippen molar-refractivity contribution in [2.45, 2.75) is 19.3 Å². The number of methoxy groups -OCH3 is 1. The molecule has 1 aliphatic rings. The molecule has 1 amide bonds. The summed E-state index contributed by atoms with van der Waals surface area (Å²) in [6.45, 7) is 2.05. The van der Waals surface area contributed by atoms with E-state index in [9.17, 15) is 4.79 Å². The van der Waals surface area contributed by atoms with Crippen LogP contribution in [0.4, 0.5) is 5.69 Å². The average molecular weight is 267 g/mol. The number of nitrogens with one attached hydrogen (secondary N) is 1. The average Bonchev–Trinajstić information content (AvgIpc) is 2.76. The van der Waals surface area contributed by atoms with Gasteiger partial charge in [0.25, 0.3) is 0 Å². The lowest BCUT2D eigenvalue weighted by Crippen LogP contribution is -2.14. The summed E-state index contributed by atoms with van der Waals surface area (Å²) in [6.07, 6.45) is 0.715. The maximum absolute atomic E-state index is 12.1. The van der Waals surface area contributed by atoms with E-state index in [1.54, 1.807) is 7.11 Å². The van der Waals surface area contributed by atoms with Gasteiger partial charge in [-0.25, -0.2) is 0 Å². The summed E-state index contributed by atoms with van der Waals surface area (Å²) in [7, 11) is 1.65. The van der Waals surface area contributed by atoms with Gasteiger partial charge in [0.1, 0.15) is 5.75 Å². The Balaban J connectivity index is 1.87. The summed E-state index contributed by atoms with van der Waals surface area (Å²) < 4.78 is 5.15. The first-order valence-electron chi connectivity index (χ1n) is 6.72. The molecule has 0 bridgehead atoms. The van der Waals surface area contributed by atoms with Gasteiger partial charge in [-0.1, -0.05) is 29.8 Å². The standard InChI is InChI=1S/C17H17NO2/c1-11-3-8-16-14(9-11)15(17(19)18-16)10-12-4-6-13(20-2)7-5-12/h3-9,15H,10H2,1-2H3,(H,18,19)/t15-/m0/s1. The SMILES string of the molecule is COc1ccc(C[C@@H]2C(=O)Nc3ccc(C)cc32)cc1. The Morgan fingerprint density at radius 1 is 1.15 bits per heavy atom. The van der Waals surface area contributed by atoms with E-state index in [1.165, 1.54) is 5.56 Å². The van der Waals surface area contributed by atoms with Crippen LogP contribution in [0.15, 0.2) is 42.5 Å². The normalized spacial score (nSPS) is 16.7. The highest BCUT2D eigenvalue weighted by Crippen LogP contribution is 2.35. The molecule has 2 aromatic rings. The van der Waals surface area contributed by atoms with Crippen LogP contribution in [0.1, 0.15) is 22.6 Å². The Morgan fingerprint density at radius 3 is 2.60 bits per heavy atom. The first-order chi connectivity index (χ1) is 9.67. The van der Waals surface area contributed by atoms with Crippen molar-refractivity contribution in [3.63, 3.8) is 0 Å². The Kier molecular flexibility index (Phi) is 3.18. The largest absolute Gasteiger partial charge is 0.497 e. The zero-order valence-electron chi connectivity index (χ0n) is 11.6. The molecule has 2 aromatic carbocycles. The van der Waals surface area contributed by atoms with E-state index in [4.69, 9.17) is 4.74 Å². The molecule has 3 nitrogen and oxygen atoms in total. The number of aryl methyl sites for hydroxylation is 1. The van der Waals surface area contributed by atoms with Gasteiger partial charge in [0.2, 0.25) is 5.91 Å². The zero-order chi connectivity index (χ0) is 14.1. The molecular weight excluding hydrogens is 250 g/mol. The van der Waals surface area contributed by atoms with Crippen LogP contribution in [0, 0.1) is 6.92 Å². The van der Waals surface area contributed by atoms with Gasteiger partial charge in [0.15, 0.2) is 0 Å². The summed E-state index contributed by atoms with van der Waals surface area (Å²) in [5, 5.41) is 2.95. The highest BCUT2D eigenvalue weighted by molar-refractivity contribution is 6.03. The number of amides is 1. The maximum atomic E-state index is 12.1. The molecule has 20 heavy (non-hydrogen) atoms. The molecule has 1 aliphatic heterocycles. The van der Waals surface area contributed by atoms with Crippen molar-refractivity contribution in [2.24, 2.45) is 0 Å². The van der Waals surface area contributed by atoms with Crippen LogP contribution in [-0.2, 0) is 11.2 Å². The molecule has 0 radical (unpaired) electrons. The van der Waals surface area contributed by atoms with Crippen LogP contribution in [0.2, 0.25) is 0 Å². The Bertz CT molecular complexity index is 647. The second kappa shape index (κ2) is 5.00. The van der Waals surface area contributed by atoms with Gasteiger partial charge >= 0.3 is 0 Å². The molecule has 0 saturated carbocycles. The lowest BCUT2D eigenvalue weighted by Gasteiger charge is -2.10. The summed E-state index contributed by atoms with van der Waals surface area (Å²) in [4.78, 5) is 12.1. The highest BCUT2D eigenvalue weighted by atomic mass is 16.5. The monoisotopic (exact) mass is 267 g/mol. The third kappa shape index (κ3) is 2.27. The molecule has 0 aliphatic carbocycles. The second-order valence-corrected chi connectivity index (χ2v) is 5.18. The summed E-state index contributed by atoms with van der Waals surface area (Å²) >= 11 is 0. The third-order valence-corrected chi connectivity index (χ3v) is 3.76. The summed E-state index contributed by atoms with van der Waals surface area (Å²) in [6, 6.07) is 14.0. The number of benzene rings is 2. The van der Waals surface area contributed by atoms with E-state index in [1.807, 2.05) is 43.3 Å². The molecule has 0 saturated heterocycles. The molecule has 3 heteroatoms. The van der Waals surface area contributed by atoms with Crippen LogP contribution >= 0.6 is 0 Å². The van der Waals surface area contributed by atoms with Gasteiger partial charge in [-0.2, -0.15) is 0 Å². The number of fused-ring (bicyclic) bond motifs is 1. The van der Waals surface area contributed by atoms with Crippen molar-refractivity contribution in [3.05, 3.63) is 59.2 Å². The minimum absolute atomic E-state index is 0.0846. The summed E-state index contributed by atoms with van der Waals surface area (Å²) in [5.41, 5.74) is 4.37. The van der Waals surface area contributed by atoms with Gasteiger partial charge in [-0.15, -0.1) is 0 Å². The number of hydrogen-bond acceptors (Lipinski definition) is 2. The fourth-order valence-electron chi connectivity index (χ4n) is 2.65. The summed E-state index contributed by atoms with van der Waals surface area (Å²) in [5.74, 6) is 0.820. The number of hydrogen-bond donors (Lipinski definition) is 1. The number of carbonyl (C=O) groups is 1. The van der Waals surface area contributed by atoms with E-state index >= 15 is 0 Å². The topological polar surface area (TPSA) is 38.3 Å². The van der Waals surface area contributed by atoms with E-state index in [-0.39, 0.29) is 11.8 Å². The molecule has 3 rings (SSSR count). The Morgan fingerprint density at radius 2 is 1.90 bits per heavy atom. The van der Waals surface area contributed by atoms with E-state index in [2.05, 4.69) is 11.4 Å². The number of carbonyl (C=O) groups excluding carboxylic acids is 1. The third-order valence-electron chi connectivity index (χ3n) is 3.76. The van der Waals surface area contributed by atoms with Gasteiger partial charge in [-0.3, -0.25) is 4.79 Å². The van der Waals surface area contributed by atoms with E-state index in [0.29, 0.717) is 6.42 Å². The molecule has 0 fully saturated rings. The zero-order valence-corrected chi connectivity index (χ0v) is 11.6. The van der Waals surface area contributed by atoms with Crippen molar-refractivity contribution >= 4 is 11.6 Å². The number of rotatable bonds is 3. The van der Waals surface area contributed by atoms with Crippen molar-refractivity contribution in [1.82, 2.24) is 0 Å². The van der Waals surface area contributed by atoms with Gasteiger partial charge < -0.3 is 10.1 Å². The second-order valence-electron chi connectivity index (χ2n) is 5.18. The fraction of sp³-hybridized carbons (Fsp3) is 0.235. The maximum Gasteiger partial charge on any atom is 0.232 e. The van der Waals surface area contributed by atoms with Crippen LogP contribution in [0.3, 0.4) is 0 Å². The van der Waals surface area contributed by atoms with Gasteiger partial charge in [0, 0.05) is 5.69 Å². The van der Waals surface area contributed by atoms with E-state index in [0.717, 1.165) is 22.6 Å². The molecule has 1 N–H and O–H groups in total. The molecule has 1 atom stereocenters. The van der Waals surface area contributed by atoms with Crippen molar-refractivity contribution in [2.75, 3.05) is 12.4 Å². The minimum atomic E-state index is -0.0988. The molecule has 0 unspecified atom stereocenters. The molecule has 0 spiro atoms. The number of ether oxygens (including phenoxy) is 1. The predicted octanol–water partition coefficient (Wildman–Crippen LogP) is 3.28. The Labute approximate surface area is 118 Å². The van der Waals surface area contributed by atoms with Crippen LogP contribution in [0.5, 0.6) is 5.75 Å². The quantitative estimate of drug-likeness (QED) is 0.926. The highest BCUT2D eigenvalue weighted by Gasteiger charge is 2.30. The van der Waals surface area contributed by atoms with Gasteiger partial charge in [-0.05, 0) is 42.7 Å². The predicted molar refractivity (Wildman–Crippen MR) is 79.2 cm³/mol. The number of anilines is 1. The first-order valence-corrected chi connectivity index (χ1v) is 6.72. The molecule has 1 heterocycles. The van der Waals surface area contributed by atoms with Crippen LogP contribution < -0.4 is 10.1 Å². The Hall–Kier alpha value is -2.29. The molecule has 0 aromatic heterocycles. The van der Waals surface area contributed by atoms with Crippen molar-refractivity contribution in [3.8, 4) is 5.75 Å². The minimum Gasteiger partial charge on any atom is -0.497 e. The van der Waals surface area contributed by atoms with Crippen molar-refractivity contribution in [1.29, 1.82) is 0 Å². The van der Waals surface area contributed by atoms with Crippen molar-refractivity contribution < 1.29 is 9.53 Å². The van der Waals surface area contributed by atoms with Gasteiger partial charge in [0.05, 0.1) is 13.0 Å². The lowest BCUT2D eigenvalue weighted by atomic mass is 9.92. The first kappa shape index (κ1) is 12.7. The molecular formula is C17H17NO2. The molecule has 102 valence electrons. The van der Waals surface area contributed by atoms with E-state index < -0.39 is 0 Å². The lowest BCUT2D eigenvalue weighted by molar-refractivity contribution is -0.117. The van der Waals surface area contributed by atoms with Crippen LogP contribution in [0.25, 0.3) is 0 Å². The van der Waals surface area contributed by atoms with Crippen LogP contribution in [-0.4, -0.2) is 13.0 Å². The fourth-order valence-corrected chi connectivity index (χ4v) is 2.65. The smallest absolute Gasteiger partial charge is 0.232 e.